The summed E-state index contributed by atoms with van der Waals surface area (Å²) in [7, 11) is 1.58. The largest absolute Gasteiger partial charge is 0.497 e. The molecule has 0 radical (unpaired) electrons. The zero-order valence-corrected chi connectivity index (χ0v) is 17.1. The Hall–Kier alpha value is -2.94. The molecular formula is C20H22N4O4S. The number of amides is 3. The van der Waals surface area contributed by atoms with Crippen LogP contribution in [0.25, 0.3) is 0 Å². The number of ether oxygens (including phenoxy) is 1. The van der Waals surface area contributed by atoms with Crippen LogP contribution in [0, 0.1) is 5.92 Å². The third kappa shape index (κ3) is 3.95. The molecule has 4 rings (SSSR count). The van der Waals surface area contributed by atoms with Gasteiger partial charge in [0.05, 0.1) is 25.3 Å². The molecule has 3 amide bonds. The number of benzene rings is 1. The van der Waals surface area contributed by atoms with Gasteiger partial charge in [-0.15, -0.1) is 0 Å². The number of hydrogen-bond donors (Lipinski definition) is 1. The molecule has 0 aliphatic carbocycles. The Balaban J connectivity index is 1.44. The van der Waals surface area contributed by atoms with Gasteiger partial charge < -0.3 is 19.9 Å². The minimum absolute atomic E-state index is 0.0103. The number of anilines is 2. The first-order valence-corrected chi connectivity index (χ1v) is 10.3. The number of aromatic nitrogens is 1. The fourth-order valence-corrected chi connectivity index (χ4v) is 4.82. The van der Waals surface area contributed by atoms with Crippen molar-refractivity contribution in [2.24, 2.45) is 5.92 Å². The minimum Gasteiger partial charge on any atom is -0.497 e. The molecule has 1 fully saturated rings. The molecule has 1 saturated heterocycles. The van der Waals surface area contributed by atoms with Gasteiger partial charge in [0.2, 0.25) is 17.7 Å². The number of methoxy groups -OCH3 is 1. The number of nitrogens with one attached hydrogen (secondary N) is 1. The molecule has 1 aromatic heterocycles. The van der Waals surface area contributed by atoms with Gasteiger partial charge >= 0.3 is 0 Å². The summed E-state index contributed by atoms with van der Waals surface area (Å²) in [6, 6.07) is 7.31. The van der Waals surface area contributed by atoms with Crippen molar-refractivity contribution in [2.45, 2.75) is 26.3 Å². The highest BCUT2D eigenvalue weighted by Gasteiger charge is 2.38. The van der Waals surface area contributed by atoms with Crippen LogP contribution in [0.15, 0.2) is 24.3 Å². The van der Waals surface area contributed by atoms with Crippen LogP contribution in [0.4, 0.5) is 10.8 Å². The fourth-order valence-electron chi connectivity index (χ4n) is 3.75. The molecule has 0 spiro atoms. The van der Waals surface area contributed by atoms with Gasteiger partial charge in [0.15, 0.2) is 5.13 Å². The van der Waals surface area contributed by atoms with Gasteiger partial charge in [0.1, 0.15) is 5.75 Å². The maximum absolute atomic E-state index is 13.1. The van der Waals surface area contributed by atoms with E-state index in [4.69, 9.17) is 4.74 Å². The number of thiazole rings is 1. The highest BCUT2D eigenvalue weighted by Crippen LogP contribution is 2.32. The van der Waals surface area contributed by atoms with Gasteiger partial charge in [-0.3, -0.25) is 14.4 Å². The average Bonchev–Trinajstić information content (AvgIpc) is 3.29. The molecule has 2 aliphatic rings. The van der Waals surface area contributed by atoms with Crippen molar-refractivity contribution >= 4 is 39.9 Å². The molecule has 29 heavy (non-hydrogen) atoms. The first kappa shape index (κ1) is 19.4. The summed E-state index contributed by atoms with van der Waals surface area (Å²) >= 11 is 1.40. The first-order chi connectivity index (χ1) is 13.9. The summed E-state index contributed by atoms with van der Waals surface area (Å²) in [5, 5.41) is 3.27. The van der Waals surface area contributed by atoms with Crippen molar-refractivity contribution in [2.75, 3.05) is 30.4 Å². The molecule has 8 nitrogen and oxygen atoms in total. The second-order valence-electron chi connectivity index (χ2n) is 7.19. The second-order valence-corrected chi connectivity index (χ2v) is 8.27. The molecule has 2 aromatic rings. The molecule has 2 aliphatic heterocycles. The maximum Gasteiger partial charge on any atom is 0.228 e. The van der Waals surface area contributed by atoms with E-state index in [1.165, 1.54) is 18.3 Å². The number of hydrogen-bond acceptors (Lipinski definition) is 6. The Kier molecular flexibility index (Phi) is 5.23. The number of rotatable bonds is 4. The van der Waals surface area contributed by atoms with Crippen molar-refractivity contribution in [3.05, 3.63) is 34.8 Å². The molecular weight excluding hydrogens is 392 g/mol. The van der Waals surface area contributed by atoms with Crippen LogP contribution in [0.3, 0.4) is 0 Å². The lowest BCUT2D eigenvalue weighted by molar-refractivity contribution is -0.136. The van der Waals surface area contributed by atoms with Crippen LogP contribution in [-0.4, -0.2) is 47.8 Å². The van der Waals surface area contributed by atoms with Crippen molar-refractivity contribution in [3.8, 4) is 5.75 Å². The standard InChI is InChI=1S/C20H22N4O4S/c1-12(25)21-20-22-16-6-7-23(11-17(16)29-20)19(27)13-8-18(26)24(10-13)14-4-3-5-15(9-14)28-2/h3-5,9,13H,6-8,10-11H2,1-2H3,(H,21,22,25). The van der Waals surface area contributed by atoms with Gasteiger partial charge in [-0.2, -0.15) is 0 Å². The van der Waals surface area contributed by atoms with E-state index >= 15 is 0 Å². The van der Waals surface area contributed by atoms with E-state index in [0.29, 0.717) is 36.9 Å². The quantitative estimate of drug-likeness (QED) is 0.827. The van der Waals surface area contributed by atoms with E-state index in [-0.39, 0.29) is 30.1 Å². The zero-order valence-electron chi connectivity index (χ0n) is 16.3. The highest BCUT2D eigenvalue weighted by molar-refractivity contribution is 7.15. The third-order valence-electron chi connectivity index (χ3n) is 5.17. The predicted octanol–water partition coefficient (Wildman–Crippen LogP) is 2.05. The van der Waals surface area contributed by atoms with E-state index in [0.717, 1.165) is 16.3 Å². The molecule has 0 bridgehead atoms. The normalized spacial score (nSPS) is 18.6. The first-order valence-electron chi connectivity index (χ1n) is 9.44. The molecule has 1 atom stereocenters. The van der Waals surface area contributed by atoms with Crippen molar-refractivity contribution < 1.29 is 19.1 Å². The summed E-state index contributed by atoms with van der Waals surface area (Å²) in [5.74, 6) is 0.0850. The van der Waals surface area contributed by atoms with E-state index in [1.54, 1.807) is 23.0 Å². The molecule has 1 N–H and O–H groups in total. The lowest BCUT2D eigenvalue weighted by Gasteiger charge is -2.28. The number of carbonyl (C=O) groups is 3. The van der Waals surface area contributed by atoms with Crippen molar-refractivity contribution in [1.82, 2.24) is 9.88 Å². The average molecular weight is 414 g/mol. The van der Waals surface area contributed by atoms with Crippen molar-refractivity contribution in [3.63, 3.8) is 0 Å². The minimum atomic E-state index is -0.363. The molecule has 9 heteroatoms. The van der Waals surface area contributed by atoms with Gasteiger partial charge in [0, 0.05) is 49.5 Å². The maximum atomic E-state index is 13.1. The second kappa shape index (κ2) is 7.82. The topological polar surface area (TPSA) is 91.8 Å². The summed E-state index contributed by atoms with van der Waals surface area (Å²) < 4.78 is 5.23. The summed E-state index contributed by atoms with van der Waals surface area (Å²) in [6.07, 6.45) is 0.858. The van der Waals surface area contributed by atoms with E-state index in [2.05, 4.69) is 10.3 Å². The van der Waals surface area contributed by atoms with Crippen LogP contribution >= 0.6 is 11.3 Å². The number of fused-ring (bicyclic) bond motifs is 1. The van der Waals surface area contributed by atoms with Crippen molar-refractivity contribution in [1.29, 1.82) is 0 Å². The van der Waals surface area contributed by atoms with E-state index < -0.39 is 0 Å². The Labute approximate surface area is 172 Å². The van der Waals surface area contributed by atoms with Gasteiger partial charge in [-0.05, 0) is 12.1 Å². The summed E-state index contributed by atoms with van der Waals surface area (Å²) in [4.78, 5) is 45.7. The number of carbonyl (C=O) groups excluding carboxylic acids is 3. The highest BCUT2D eigenvalue weighted by atomic mass is 32.1. The lowest BCUT2D eigenvalue weighted by atomic mass is 10.1. The SMILES string of the molecule is COc1cccc(N2CC(C(=O)N3CCc4nc(NC(C)=O)sc4C3)CC2=O)c1. The molecule has 152 valence electrons. The van der Waals surface area contributed by atoms with Crippen LogP contribution in [-0.2, 0) is 27.3 Å². The van der Waals surface area contributed by atoms with Crippen LogP contribution in [0.2, 0.25) is 0 Å². The van der Waals surface area contributed by atoms with Gasteiger partial charge in [-0.25, -0.2) is 4.98 Å². The number of nitrogens with zero attached hydrogens (tertiary/aromatic N) is 3. The van der Waals surface area contributed by atoms with E-state index in [1.807, 2.05) is 18.2 Å². The van der Waals surface area contributed by atoms with Crippen LogP contribution in [0.1, 0.15) is 23.9 Å². The van der Waals surface area contributed by atoms with E-state index in [9.17, 15) is 14.4 Å². The summed E-state index contributed by atoms with van der Waals surface area (Å²) in [6.45, 7) is 2.85. The fraction of sp³-hybridized carbons (Fsp3) is 0.400. The van der Waals surface area contributed by atoms with Gasteiger partial charge in [-0.1, -0.05) is 17.4 Å². The molecule has 0 saturated carbocycles. The smallest absolute Gasteiger partial charge is 0.228 e. The third-order valence-corrected chi connectivity index (χ3v) is 6.16. The molecule has 3 heterocycles. The monoisotopic (exact) mass is 414 g/mol. The molecule has 1 unspecified atom stereocenters. The lowest BCUT2D eigenvalue weighted by Crippen LogP contribution is -2.40. The predicted molar refractivity (Wildman–Crippen MR) is 109 cm³/mol. The van der Waals surface area contributed by atoms with Crippen LogP contribution in [0.5, 0.6) is 5.75 Å². The van der Waals surface area contributed by atoms with Crippen LogP contribution < -0.4 is 15.0 Å². The molecule has 1 aromatic carbocycles. The van der Waals surface area contributed by atoms with Gasteiger partial charge in [0.25, 0.3) is 0 Å². The Morgan fingerprint density at radius 1 is 1.34 bits per heavy atom. The summed E-state index contributed by atoms with van der Waals surface area (Å²) in [5.41, 5.74) is 1.68. The Morgan fingerprint density at radius 3 is 2.93 bits per heavy atom. The Bertz CT molecular complexity index is 973. The zero-order chi connectivity index (χ0) is 20.5. The Morgan fingerprint density at radius 2 is 2.17 bits per heavy atom.